The summed E-state index contributed by atoms with van der Waals surface area (Å²) in [5, 5.41) is 12.4. The lowest BCUT2D eigenvalue weighted by molar-refractivity contribution is 0.0551. The first kappa shape index (κ1) is 11.2. The van der Waals surface area contributed by atoms with E-state index in [0.717, 1.165) is 4.68 Å². The molecule has 82 valence electrons. The van der Waals surface area contributed by atoms with Crippen molar-refractivity contribution in [1.82, 2.24) is 9.78 Å². The molecule has 1 rings (SSSR count). The fraction of sp³-hybridized carbons (Fsp3) is 0.375. The number of esters is 2. The Morgan fingerprint density at radius 2 is 2.00 bits per heavy atom. The van der Waals surface area contributed by atoms with Gasteiger partial charge < -0.3 is 14.6 Å². The molecule has 0 fully saturated rings. The van der Waals surface area contributed by atoms with Gasteiger partial charge in [-0.1, -0.05) is 0 Å². The number of carbonyl (C=O) groups is 2. The number of hydrogen-bond acceptors (Lipinski definition) is 6. The van der Waals surface area contributed by atoms with Gasteiger partial charge in [-0.05, 0) is 0 Å². The zero-order chi connectivity index (χ0) is 11.4. The molecular weight excluding hydrogens is 204 g/mol. The molecule has 0 bridgehead atoms. The molecule has 7 heteroatoms. The van der Waals surface area contributed by atoms with Crippen molar-refractivity contribution in [3.05, 3.63) is 17.5 Å². The fourth-order valence-corrected chi connectivity index (χ4v) is 1.00. The zero-order valence-corrected chi connectivity index (χ0v) is 8.26. The monoisotopic (exact) mass is 214 g/mol. The Kier molecular flexibility index (Phi) is 3.40. The van der Waals surface area contributed by atoms with Crippen LogP contribution in [0.2, 0.25) is 0 Å². The Labute approximate surface area is 85.2 Å². The van der Waals surface area contributed by atoms with Crippen molar-refractivity contribution in [3.8, 4) is 0 Å². The molecule has 0 saturated carbocycles. The second-order valence-corrected chi connectivity index (χ2v) is 2.56. The highest BCUT2D eigenvalue weighted by Crippen LogP contribution is 2.09. The van der Waals surface area contributed by atoms with Crippen LogP contribution in [0.3, 0.4) is 0 Å². The Morgan fingerprint density at radius 3 is 2.47 bits per heavy atom. The zero-order valence-electron chi connectivity index (χ0n) is 8.26. The molecule has 0 unspecified atom stereocenters. The van der Waals surface area contributed by atoms with Crippen LogP contribution in [0.15, 0.2) is 6.20 Å². The van der Waals surface area contributed by atoms with Crippen LogP contribution in [0.25, 0.3) is 0 Å². The van der Waals surface area contributed by atoms with Crippen LogP contribution in [0.4, 0.5) is 0 Å². The van der Waals surface area contributed by atoms with E-state index in [0.29, 0.717) is 0 Å². The molecule has 0 aliphatic carbocycles. The second-order valence-electron chi connectivity index (χ2n) is 2.56. The quantitative estimate of drug-likeness (QED) is 0.676. The number of aromatic nitrogens is 2. The van der Waals surface area contributed by atoms with Crippen molar-refractivity contribution in [3.63, 3.8) is 0 Å². The van der Waals surface area contributed by atoms with E-state index in [9.17, 15) is 9.59 Å². The number of rotatable bonds is 3. The van der Waals surface area contributed by atoms with Gasteiger partial charge in [0.05, 0.1) is 14.2 Å². The minimum Gasteiger partial charge on any atom is -0.465 e. The van der Waals surface area contributed by atoms with Crippen molar-refractivity contribution in [2.75, 3.05) is 14.2 Å². The van der Waals surface area contributed by atoms with E-state index >= 15 is 0 Å². The van der Waals surface area contributed by atoms with Gasteiger partial charge in [0, 0.05) is 6.20 Å². The minimum atomic E-state index is -0.761. The number of aliphatic hydroxyl groups excluding tert-OH is 1. The van der Waals surface area contributed by atoms with Gasteiger partial charge in [-0.2, -0.15) is 5.10 Å². The highest BCUT2D eigenvalue weighted by Gasteiger charge is 2.22. The molecule has 15 heavy (non-hydrogen) atoms. The van der Waals surface area contributed by atoms with Gasteiger partial charge in [-0.25, -0.2) is 14.3 Å². The van der Waals surface area contributed by atoms with Crippen LogP contribution in [0, 0.1) is 0 Å². The van der Waals surface area contributed by atoms with Gasteiger partial charge >= 0.3 is 11.9 Å². The first-order chi connectivity index (χ1) is 7.13. The summed E-state index contributed by atoms with van der Waals surface area (Å²) in [7, 11) is 2.35. The molecule has 0 saturated heterocycles. The maximum atomic E-state index is 11.2. The standard InChI is InChI=1S/C8H10N2O5/c1-14-7(12)5-3-10(4-11)9-6(5)8(13)15-2/h3,11H,4H2,1-2H3. The van der Waals surface area contributed by atoms with E-state index < -0.39 is 18.7 Å². The van der Waals surface area contributed by atoms with E-state index in [1.54, 1.807) is 0 Å². The highest BCUT2D eigenvalue weighted by molar-refractivity contribution is 6.01. The van der Waals surface area contributed by atoms with Crippen LogP contribution in [0.1, 0.15) is 20.8 Å². The molecule has 1 N–H and O–H groups in total. The second kappa shape index (κ2) is 4.56. The van der Waals surface area contributed by atoms with Crippen molar-refractivity contribution in [2.24, 2.45) is 0 Å². The van der Waals surface area contributed by atoms with E-state index in [4.69, 9.17) is 5.11 Å². The lowest BCUT2D eigenvalue weighted by Gasteiger charge is -1.97. The Morgan fingerprint density at radius 1 is 1.40 bits per heavy atom. The normalized spacial score (nSPS) is 9.80. The van der Waals surface area contributed by atoms with Crippen molar-refractivity contribution < 1.29 is 24.2 Å². The van der Waals surface area contributed by atoms with Gasteiger partial charge in [0.2, 0.25) is 0 Å². The average molecular weight is 214 g/mol. The molecule has 0 amide bonds. The summed E-state index contributed by atoms with van der Waals surface area (Å²) in [5.41, 5.74) is -0.225. The first-order valence-electron chi connectivity index (χ1n) is 3.99. The molecular formula is C8H10N2O5. The summed E-state index contributed by atoms with van der Waals surface area (Å²) < 4.78 is 9.90. The van der Waals surface area contributed by atoms with Crippen LogP contribution in [-0.4, -0.2) is 41.0 Å². The van der Waals surface area contributed by atoms with Crippen molar-refractivity contribution in [2.45, 2.75) is 6.73 Å². The van der Waals surface area contributed by atoms with Gasteiger partial charge in [0.15, 0.2) is 5.69 Å². The number of hydrogen-bond donors (Lipinski definition) is 1. The number of methoxy groups -OCH3 is 2. The fourth-order valence-electron chi connectivity index (χ4n) is 1.00. The van der Waals surface area contributed by atoms with Gasteiger partial charge in [-0.15, -0.1) is 0 Å². The van der Waals surface area contributed by atoms with Gasteiger partial charge in [0.25, 0.3) is 0 Å². The molecule has 7 nitrogen and oxygen atoms in total. The van der Waals surface area contributed by atoms with Crippen LogP contribution < -0.4 is 0 Å². The number of aliphatic hydroxyl groups is 1. The number of nitrogens with zero attached hydrogens (tertiary/aromatic N) is 2. The molecule has 0 aliphatic rings. The summed E-state index contributed by atoms with van der Waals surface area (Å²) in [6, 6.07) is 0. The minimum absolute atomic E-state index is 0.0431. The number of carbonyl (C=O) groups excluding carboxylic acids is 2. The molecule has 1 heterocycles. The molecule has 0 radical (unpaired) electrons. The predicted molar refractivity (Wildman–Crippen MR) is 47.1 cm³/mol. The van der Waals surface area contributed by atoms with Gasteiger partial charge in [0.1, 0.15) is 12.3 Å². The maximum Gasteiger partial charge on any atom is 0.359 e. The molecule has 1 aromatic heterocycles. The molecule has 0 aromatic carbocycles. The molecule has 1 aromatic rings. The maximum absolute atomic E-state index is 11.2. The van der Waals surface area contributed by atoms with Gasteiger partial charge in [-0.3, -0.25) is 0 Å². The van der Waals surface area contributed by atoms with E-state index in [2.05, 4.69) is 14.6 Å². The lowest BCUT2D eigenvalue weighted by atomic mass is 10.2. The Balaban J connectivity index is 3.17. The lowest BCUT2D eigenvalue weighted by Crippen LogP contribution is -2.10. The molecule has 0 spiro atoms. The topological polar surface area (TPSA) is 90.6 Å². The van der Waals surface area contributed by atoms with Crippen LogP contribution >= 0.6 is 0 Å². The van der Waals surface area contributed by atoms with E-state index in [1.807, 2.05) is 0 Å². The van der Waals surface area contributed by atoms with Crippen LogP contribution in [-0.2, 0) is 16.2 Å². The summed E-state index contributed by atoms with van der Waals surface area (Å²) in [6.45, 7) is -0.443. The smallest absolute Gasteiger partial charge is 0.359 e. The summed E-state index contributed by atoms with van der Waals surface area (Å²) in [4.78, 5) is 22.4. The van der Waals surface area contributed by atoms with E-state index in [-0.39, 0.29) is 11.3 Å². The highest BCUT2D eigenvalue weighted by atomic mass is 16.5. The summed E-state index contributed by atoms with van der Waals surface area (Å²) >= 11 is 0. The summed E-state index contributed by atoms with van der Waals surface area (Å²) in [5.74, 6) is -1.47. The third-order valence-electron chi connectivity index (χ3n) is 1.69. The molecule has 0 aliphatic heterocycles. The third-order valence-corrected chi connectivity index (χ3v) is 1.69. The van der Waals surface area contributed by atoms with E-state index in [1.165, 1.54) is 20.4 Å². The summed E-state index contributed by atoms with van der Waals surface area (Å²) in [6.07, 6.45) is 1.21. The Hall–Kier alpha value is -1.89. The predicted octanol–water partition coefficient (Wildman–Crippen LogP) is -0.594. The van der Waals surface area contributed by atoms with Crippen molar-refractivity contribution >= 4 is 11.9 Å². The molecule has 0 atom stereocenters. The average Bonchev–Trinajstić information content (AvgIpc) is 2.70. The third kappa shape index (κ3) is 2.13. The van der Waals surface area contributed by atoms with Crippen LogP contribution in [0.5, 0.6) is 0 Å². The largest absolute Gasteiger partial charge is 0.465 e. The van der Waals surface area contributed by atoms with Crippen molar-refractivity contribution in [1.29, 1.82) is 0 Å². The number of ether oxygens (including phenoxy) is 2. The Bertz CT molecular complexity index is 351. The first-order valence-corrected chi connectivity index (χ1v) is 3.99. The SMILES string of the molecule is COC(=O)c1cn(CO)nc1C(=O)OC.